The van der Waals surface area contributed by atoms with E-state index in [4.69, 9.17) is 9.57 Å². The minimum absolute atomic E-state index is 0.00734. The van der Waals surface area contributed by atoms with Crippen LogP contribution in [0.5, 0.6) is 0 Å². The van der Waals surface area contributed by atoms with Crippen molar-refractivity contribution in [3.05, 3.63) is 0 Å². The van der Waals surface area contributed by atoms with Gasteiger partial charge < -0.3 is 19.7 Å². The predicted octanol–water partition coefficient (Wildman–Crippen LogP) is 3.79. The van der Waals surface area contributed by atoms with E-state index in [-0.39, 0.29) is 12.0 Å². The van der Waals surface area contributed by atoms with Crippen LogP contribution in [-0.4, -0.2) is 73.7 Å². The maximum absolute atomic E-state index is 11.9. The van der Waals surface area contributed by atoms with E-state index in [1.807, 2.05) is 20.8 Å². The van der Waals surface area contributed by atoms with Gasteiger partial charge in [-0.1, -0.05) is 0 Å². The topological polar surface area (TPSA) is 88.2 Å². The number of carbonyl (C=O) groups is 3. The second-order valence-corrected chi connectivity index (χ2v) is 9.96. The molecule has 0 aromatic carbocycles. The van der Waals surface area contributed by atoms with Crippen LogP contribution in [0.3, 0.4) is 0 Å². The quantitative estimate of drug-likeness (QED) is 0.588. The molecule has 2 aliphatic rings. The first-order valence-corrected chi connectivity index (χ1v) is 12.0. The van der Waals surface area contributed by atoms with Crippen molar-refractivity contribution < 1.29 is 24.0 Å². The number of ketones is 1. The van der Waals surface area contributed by atoms with Crippen LogP contribution < -0.4 is 5.32 Å². The SMILES string of the molecule is CC(=O)CCC1CCNCC1.CON(C)C(=O)CCC1CCN(C(=O)OC(C)(C)C)CC1. The number of amides is 2. The van der Waals surface area contributed by atoms with E-state index in [1.165, 1.54) is 25.0 Å². The average molecular weight is 456 g/mol. The van der Waals surface area contributed by atoms with Gasteiger partial charge in [0.1, 0.15) is 11.4 Å². The van der Waals surface area contributed by atoms with Gasteiger partial charge in [0.15, 0.2) is 0 Å². The van der Waals surface area contributed by atoms with Gasteiger partial charge in [-0.15, -0.1) is 0 Å². The van der Waals surface area contributed by atoms with Crippen LogP contribution in [0.15, 0.2) is 0 Å². The molecule has 0 atom stereocenters. The molecule has 1 N–H and O–H groups in total. The molecule has 2 aliphatic heterocycles. The Balaban J connectivity index is 0.000000389. The Hall–Kier alpha value is -1.67. The Bertz CT molecular complexity index is 577. The normalized spacial score (nSPS) is 17.9. The third-order valence-corrected chi connectivity index (χ3v) is 6.02. The Morgan fingerprint density at radius 3 is 2.00 bits per heavy atom. The van der Waals surface area contributed by atoms with Crippen LogP contribution in [-0.2, 0) is 19.2 Å². The molecule has 32 heavy (non-hydrogen) atoms. The first kappa shape index (κ1) is 28.4. The number of hydroxylamine groups is 2. The van der Waals surface area contributed by atoms with Crippen LogP contribution in [0.2, 0.25) is 0 Å². The van der Waals surface area contributed by atoms with Crippen molar-refractivity contribution in [2.75, 3.05) is 40.3 Å². The van der Waals surface area contributed by atoms with Crippen LogP contribution in [0.4, 0.5) is 4.79 Å². The molecule has 186 valence electrons. The maximum Gasteiger partial charge on any atom is 0.410 e. The van der Waals surface area contributed by atoms with E-state index >= 15 is 0 Å². The highest BCUT2D eigenvalue weighted by Crippen LogP contribution is 2.23. The summed E-state index contributed by atoms with van der Waals surface area (Å²) in [6.45, 7) is 11.0. The predicted molar refractivity (Wildman–Crippen MR) is 125 cm³/mol. The summed E-state index contributed by atoms with van der Waals surface area (Å²) in [5, 5.41) is 4.58. The van der Waals surface area contributed by atoms with Crippen molar-refractivity contribution in [2.24, 2.45) is 11.8 Å². The summed E-state index contributed by atoms with van der Waals surface area (Å²) in [6, 6.07) is 0. The van der Waals surface area contributed by atoms with E-state index < -0.39 is 5.60 Å². The molecular formula is C24H45N3O5. The summed E-state index contributed by atoms with van der Waals surface area (Å²) in [5.41, 5.74) is -0.453. The van der Waals surface area contributed by atoms with Gasteiger partial charge in [-0.3, -0.25) is 9.63 Å². The lowest BCUT2D eigenvalue weighted by molar-refractivity contribution is -0.169. The summed E-state index contributed by atoms with van der Waals surface area (Å²) in [7, 11) is 3.10. The van der Waals surface area contributed by atoms with E-state index in [1.54, 1.807) is 18.9 Å². The second-order valence-electron chi connectivity index (χ2n) is 9.96. The van der Waals surface area contributed by atoms with E-state index in [9.17, 15) is 14.4 Å². The highest BCUT2D eigenvalue weighted by molar-refractivity contribution is 5.75. The minimum Gasteiger partial charge on any atom is -0.444 e. The molecule has 0 aliphatic carbocycles. The van der Waals surface area contributed by atoms with Crippen LogP contribution in [0.25, 0.3) is 0 Å². The molecule has 2 saturated heterocycles. The van der Waals surface area contributed by atoms with Crippen LogP contribution >= 0.6 is 0 Å². The minimum atomic E-state index is -0.453. The second kappa shape index (κ2) is 14.5. The lowest BCUT2D eigenvalue weighted by Gasteiger charge is -2.33. The standard InChI is InChI=1S/C15H28N2O4.C9H17NO/c1-15(2,3)21-14(19)17-10-8-12(9-11-17)6-7-13(18)16(4)20-5;1-8(11)2-3-9-4-6-10-7-5-9/h12H,6-11H2,1-5H3;9-10H,2-7H2,1H3. The number of Topliss-reactive ketones (excluding diaryl/α,β-unsaturated/α-hetero) is 1. The zero-order valence-corrected chi connectivity index (χ0v) is 21.1. The first-order chi connectivity index (χ1) is 15.0. The van der Waals surface area contributed by atoms with Crippen molar-refractivity contribution in [1.82, 2.24) is 15.3 Å². The molecule has 0 aromatic heterocycles. The fourth-order valence-electron chi connectivity index (χ4n) is 3.90. The molecule has 2 amide bonds. The zero-order valence-electron chi connectivity index (χ0n) is 21.1. The molecule has 0 spiro atoms. The summed E-state index contributed by atoms with van der Waals surface area (Å²) in [6.07, 6.45) is 7.33. The van der Waals surface area contributed by atoms with Gasteiger partial charge in [0, 0.05) is 33.0 Å². The largest absolute Gasteiger partial charge is 0.444 e. The molecule has 2 heterocycles. The average Bonchev–Trinajstić information content (AvgIpc) is 2.75. The third-order valence-electron chi connectivity index (χ3n) is 6.02. The summed E-state index contributed by atoms with van der Waals surface area (Å²) >= 11 is 0. The Morgan fingerprint density at radius 1 is 0.969 bits per heavy atom. The van der Waals surface area contributed by atoms with E-state index in [2.05, 4.69) is 5.32 Å². The number of hydrogen-bond donors (Lipinski definition) is 1. The fraction of sp³-hybridized carbons (Fsp3) is 0.875. The number of nitrogens with zero attached hydrogens (tertiary/aromatic N) is 2. The Morgan fingerprint density at radius 2 is 1.50 bits per heavy atom. The van der Waals surface area contributed by atoms with Gasteiger partial charge in [-0.05, 0) is 91.1 Å². The molecule has 0 saturated carbocycles. The van der Waals surface area contributed by atoms with Crippen molar-refractivity contribution in [3.63, 3.8) is 0 Å². The zero-order chi connectivity index (χ0) is 24.1. The van der Waals surface area contributed by atoms with Crippen LogP contribution in [0.1, 0.15) is 79.1 Å². The van der Waals surface area contributed by atoms with Crippen molar-refractivity contribution in [3.8, 4) is 0 Å². The molecule has 0 bridgehead atoms. The molecule has 0 aromatic rings. The fourth-order valence-corrected chi connectivity index (χ4v) is 3.90. The molecular weight excluding hydrogens is 410 g/mol. The maximum atomic E-state index is 11.9. The summed E-state index contributed by atoms with van der Waals surface area (Å²) in [5.74, 6) is 1.62. The number of likely N-dealkylation sites (tertiary alicyclic amines) is 1. The summed E-state index contributed by atoms with van der Waals surface area (Å²) in [4.78, 5) is 40.9. The molecule has 0 unspecified atom stereocenters. The van der Waals surface area contributed by atoms with Gasteiger partial charge in [0.2, 0.25) is 5.91 Å². The highest BCUT2D eigenvalue weighted by atomic mass is 16.7. The van der Waals surface area contributed by atoms with Gasteiger partial charge in [0.05, 0.1) is 7.11 Å². The molecule has 8 nitrogen and oxygen atoms in total. The van der Waals surface area contributed by atoms with Crippen molar-refractivity contribution in [2.45, 2.75) is 84.7 Å². The molecule has 8 heteroatoms. The van der Waals surface area contributed by atoms with Crippen LogP contribution in [0, 0.1) is 11.8 Å². The van der Waals surface area contributed by atoms with Gasteiger partial charge in [0.25, 0.3) is 0 Å². The first-order valence-electron chi connectivity index (χ1n) is 12.0. The Kier molecular flexibility index (Phi) is 12.8. The lowest BCUT2D eigenvalue weighted by atomic mass is 9.92. The number of carbonyl (C=O) groups excluding carboxylic acids is 3. The molecule has 2 rings (SSSR count). The third kappa shape index (κ3) is 12.4. The van der Waals surface area contributed by atoms with E-state index in [0.717, 1.165) is 51.1 Å². The smallest absolute Gasteiger partial charge is 0.410 e. The van der Waals surface area contributed by atoms with Crippen molar-refractivity contribution in [1.29, 1.82) is 0 Å². The highest BCUT2D eigenvalue weighted by Gasteiger charge is 2.27. The number of hydrogen-bond acceptors (Lipinski definition) is 6. The molecule has 2 fully saturated rings. The number of piperidine rings is 2. The monoisotopic (exact) mass is 455 g/mol. The molecule has 0 radical (unpaired) electrons. The van der Waals surface area contributed by atoms with Gasteiger partial charge in [-0.2, -0.15) is 0 Å². The number of rotatable bonds is 7. The van der Waals surface area contributed by atoms with Crippen molar-refractivity contribution >= 4 is 17.8 Å². The van der Waals surface area contributed by atoms with Gasteiger partial charge >= 0.3 is 6.09 Å². The summed E-state index contributed by atoms with van der Waals surface area (Å²) < 4.78 is 5.37. The number of ether oxygens (including phenoxy) is 1. The Labute approximate surface area is 194 Å². The lowest BCUT2D eigenvalue weighted by Crippen LogP contribution is -2.41. The van der Waals surface area contributed by atoms with Gasteiger partial charge in [-0.25, -0.2) is 9.86 Å². The number of nitrogens with one attached hydrogen (secondary N) is 1. The van der Waals surface area contributed by atoms with E-state index in [0.29, 0.717) is 31.2 Å².